The number of carbonyl (C=O) groups excluding carboxylic acids is 2. The van der Waals surface area contributed by atoms with Gasteiger partial charge in [0.25, 0.3) is 0 Å². The molecule has 1 aliphatic rings. The predicted octanol–water partition coefficient (Wildman–Crippen LogP) is 1.35. The lowest BCUT2D eigenvalue weighted by molar-refractivity contribution is -0.156. The van der Waals surface area contributed by atoms with Crippen molar-refractivity contribution in [2.45, 2.75) is 45.2 Å². The van der Waals surface area contributed by atoms with Gasteiger partial charge >= 0.3 is 12.1 Å². The second kappa shape index (κ2) is 7.52. The van der Waals surface area contributed by atoms with E-state index in [1.54, 1.807) is 13.8 Å². The van der Waals surface area contributed by atoms with Gasteiger partial charge in [-0.1, -0.05) is 30.3 Å². The molecule has 0 radical (unpaired) electrons. The first-order valence-corrected chi connectivity index (χ1v) is 7.89. The molecule has 1 heterocycles. The average molecular weight is 350 g/mol. The Labute approximate surface area is 145 Å². The molecule has 8 heteroatoms. The van der Waals surface area contributed by atoms with Gasteiger partial charge < -0.3 is 19.9 Å². The lowest BCUT2D eigenvalue weighted by atomic mass is 10.1. The van der Waals surface area contributed by atoms with Gasteiger partial charge in [0.05, 0.1) is 6.61 Å². The average Bonchev–Trinajstić information content (AvgIpc) is 2.88. The van der Waals surface area contributed by atoms with Crippen molar-refractivity contribution in [2.24, 2.45) is 0 Å². The van der Waals surface area contributed by atoms with Crippen LogP contribution in [0.1, 0.15) is 26.3 Å². The van der Waals surface area contributed by atoms with Gasteiger partial charge in [-0.2, -0.15) is 0 Å². The van der Waals surface area contributed by atoms with Gasteiger partial charge in [-0.05, 0) is 26.3 Å². The summed E-state index contributed by atoms with van der Waals surface area (Å²) in [5, 5.41) is 11.7. The van der Waals surface area contributed by atoms with E-state index in [0.29, 0.717) is 0 Å². The highest BCUT2D eigenvalue weighted by Crippen LogP contribution is 2.28. The highest BCUT2D eigenvalue weighted by molar-refractivity contribution is 5.90. The molecule has 2 amide bonds. The van der Waals surface area contributed by atoms with Crippen LogP contribution in [0.15, 0.2) is 30.3 Å². The van der Waals surface area contributed by atoms with Gasteiger partial charge in [0.15, 0.2) is 6.04 Å². The van der Waals surface area contributed by atoms with Crippen LogP contribution in [0.4, 0.5) is 4.79 Å². The number of carboxylic acid groups (broad SMARTS) is 1. The molecule has 25 heavy (non-hydrogen) atoms. The van der Waals surface area contributed by atoms with Gasteiger partial charge in [-0.15, -0.1) is 0 Å². The minimum absolute atomic E-state index is 0.0731. The molecule has 0 bridgehead atoms. The number of carboxylic acids is 1. The fraction of sp³-hybridized carbons (Fsp3) is 0.471. The van der Waals surface area contributed by atoms with Gasteiger partial charge in [0.1, 0.15) is 18.4 Å². The third-order valence-corrected chi connectivity index (χ3v) is 3.93. The van der Waals surface area contributed by atoms with Crippen LogP contribution in [0.5, 0.6) is 0 Å². The molecule has 0 unspecified atom stereocenters. The molecular weight excluding hydrogens is 328 g/mol. The van der Waals surface area contributed by atoms with Crippen molar-refractivity contribution in [3.05, 3.63) is 35.9 Å². The molecule has 8 nitrogen and oxygen atoms in total. The van der Waals surface area contributed by atoms with E-state index >= 15 is 0 Å². The van der Waals surface area contributed by atoms with Crippen LogP contribution >= 0.6 is 0 Å². The Hall–Kier alpha value is -2.61. The summed E-state index contributed by atoms with van der Waals surface area (Å²) in [6, 6.07) is 7.07. The van der Waals surface area contributed by atoms with Crippen molar-refractivity contribution in [2.75, 3.05) is 6.61 Å². The lowest BCUT2D eigenvalue weighted by Crippen LogP contribution is -2.56. The van der Waals surface area contributed by atoms with Crippen molar-refractivity contribution < 1.29 is 29.0 Å². The van der Waals surface area contributed by atoms with Crippen LogP contribution < -0.4 is 5.32 Å². The third-order valence-electron chi connectivity index (χ3n) is 3.93. The molecule has 1 saturated heterocycles. The predicted molar refractivity (Wildman–Crippen MR) is 87.5 cm³/mol. The molecule has 0 spiro atoms. The van der Waals surface area contributed by atoms with E-state index in [2.05, 4.69) is 5.32 Å². The Morgan fingerprint density at radius 1 is 1.36 bits per heavy atom. The maximum Gasteiger partial charge on any atom is 0.408 e. The Kier molecular flexibility index (Phi) is 5.63. The second-order valence-electron chi connectivity index (χ2n) is 6.25. The number of hydrogen-bond donors (Lipinski definition) is 2. The highest BCUT2D eigenvalue weighted by atomic mass is 16.5. The molecule has 1 aromatic carbocycles. The zero-order valence-electron chi connectivity index (χ0n) is 14.4. The zero-order valence-corrected chi connectivity index (χ0v) is 14.4. The summed E-state index contributed by atoms with van der Waals surface area (Å²) >= 11 is 0. The first-order chi connectivity index (χ1) is 11.7. The molecule has 1 aliphatic heterocycles. The number of alkyl carbamates (subject to hydrolysis) is 1. The molecule has 1 fully saturated rings. The molecular formula is C17H22N2O6. The van der Waals surface area contributed by atoms with Crippen LogP contribution in [-0.4, -0.2) is 52.4 Å². The molecule has 2 atom stereocenters. The second-order valence-corrected chi connectivity index (χ2v) is 6.25. The van der Waals surface area contributed by atoms with E-state index in [4.69, 9.17) is 9.47 Å². The number of benzene rings is 1. The van der Waals surface area contributed by atoms with Crippen LogP contribution in [0.25, 0.3) is 0 Å². The number of amides is 2. The SMILES string of the molecule is C[C@H](NC(=O)OCc1ccccc1)C(=O)N1[C@H](C(=O)O)COC1(C)C. The number of nitrogens with zero attached hydrogens (tertiary/aromatic N) is 1. The summed E-state index contributed by atoms with van der Waals surface area (Å²) in [6.45, 7) is 4.66. The smallest absolute Gasteiger partial charge is 0.408 e. The highest BCUT2D eigenvalue weighted by Gasteiger charge is 2.48. The van der Waals surface area contributed by atoms with E-state index < -0.39 is 35.8 Å². The van der Waals surface area contributed by atoms with E-state index in [-0.39, 0.29) is 13.2 Å². The van der Waals surface area contributed by atoms with E-state index in [0.717, 1.165) is 10.5 Å². The van der Waals surface area contributed by atoms with E-state index in [1.165, 1.54) is 6.92 Å². The minimum atomic E-state index is -1.15. The molecule has 2 rings (SSSR count). The normalized spacial score (nSPS) is 20.0. The Balaban J connectivity index is 1.94. The monoisotopic (exact) mass is 350 g/mol. The summed E-state index contributed by atoms with van der Waals surface area (Å²) in [6.07, 6.45) is -0.755. The maximum absolute atomic E-state index is 12.6. The van der Waals surface area contributed by atoms with Crippen molar-refractivity contribution in [1.29, 1.82) is 0 Å². The third kappa shape index (κ3) is 4.48. The number of hydrogen-bond acceptors (Lipinski definition) is 5. The summed E-state index contributed by atoms with van der Waals surface area (Å²) in [5.41, 5.74) is -0.249. The summed E-state index contributed by atoms with van der Waals surface area (Å²) in [7, 11) is 0. The largest absolute Gasteiger partial charge is 0.480 e. The Bertz CT molecular complexity index is 646. The lowest BCUT2D eigenvalue weighted by Gasteiger charge is -2.34. The number of aliphatic carboxylic acids is 1. The molecule has 136 valence electrons. The first-order valence-electron chi connectivity index (χ1n) is 7.89. The van der Waals surface area contributed by atoms with Gasteiger partial charge in [0.2, 0.25) is 5.91 Å². The summed E-state index contributed by atoms with van der Waals surface area (Å²) in [4.78, 5) is 36.9. The molecule has 1 aromatic rings. The van der Waals surface area contributed by atoms with Gasteiger partial charge in [-0.25, -0.2) is 9.59 Å². The van der Waals surface area contributed by atoms with Crippen molar-refractivity contribution in [3.63, 3.8) is 0 Å². The van der Waals surface area contributed by atoms with Crippen molar-refractivity contribution in [3.8, 4) is 0 Å². The van der Waals surface area contributed by atoms with E-state index in [1.807, 2.05) is 30.3 Å². The number of nitrogens with one attached hydrogen (secondary N) is 1. The molecule has 0 saturated carbocycles. The number of carbonyl (C=O) groups is 3. The Morgan fingerprint density at radius 3 is 2.60 bits per heavy atom. The topological polar surface area (TPSA) is 105 Å². The summed E-state index contributed by atoms with van der Waals surface area (Å²) < 4.78 is 10.5. The quantitative estimate of drug-likeness (QED) is 0.830. The van der Waals surface area contributed by atoms with Gasteiger partial charge in [-0.3, -0.25) is 9.69 Å². The number of ether oxygens (including phenoxy) is 2. The standard InChI is InChI=1S/C17H22N2O6/c1-11(18-16(23)24-9-12-7-5-4-6-8-12)14(20)19-13(15(21)22)10-25-17(19,2)3/h4-8,11,13H,9-10H2,1-3H3,(H,18,23)(H,21,22)/t11-,13-/m0/s1. The fourth-order valence-electron chi connectivity index (χ4n) is 2.61. The van der Waals surface area contributed by atoms with Gasteiger partial charge in [0, 0.05) is 0 Å². The summed E-state index contributed by atoms with van der Waals surface area (Å²) in [5.74, 6) is -1.70. The molecule has 2 N–H and O–H groups in total. The number of rotatable bonds is 5. The first kappa shape index (κ1) is 18.7. The molecule has 0 aliphatic carbocycles. The minimum Gasteiger partial charge on any atom is -0.480 e. The van der Waals surface area contributed by atoms with Crippen LogP contribution in [-0.2, 0) is 25.7 Å². The van der Waals surface area contributed by atoms with Crippen LogP contribution in [0.3, 0.4) is 0 Å². The fourth-order valence-corrected chi connectivity index (χ4v) is 2.61. The maximum atomic E-state index is 12.6. The molecule has 0 aromatic heterocycles. The van der Waals surface area contributed by atoms with Crippen molar-refractivity contribution in [1.82, 2.24) is 10.2 Å². The van der Waals surface area contributed by atoms with Crippen LogP contribution in [0, 0.1) is 0 Å². The zero-order chi connectivity index (χ0) is 18.6. The van der Waals surface area contributed by atoms with E-state index in [9.17, 15) is 19.5 Å². The Morgan fingerprint density at radius 2 is 2.00 bits per heavy atom. The van der Waals surface area contributed by atoms with Crippen LogP contribution in [0.2, 0.25) is 0 Å². The van der Waals surface area contributed by atoms with Crippen molar-refractivity contribution >= 4 is 18.0 Å².